The third kappa shape index (κ3) is 4.00. The van der Waals surface area contributed by atoms with Gasteiger partial charge in [-0.1, -0.05) is 24.3 Å². The van der Waals surface area contributed by atoms with Crippen LogP contribution in [0.2, 0.25) is 0 Å². The first-order valence-electron chi connectivity index (χ1n) is 12.4. The molecule has 3 aliphatic rings. The maximum Gasteiger partial charge on any atom is 0.310 e. The number of anilines is 1. The van der Waals surface area contributed by atoms with Gasteiger partial charge in [0.25, 0.3) is 0 Å². The van der Waals surface area contributed by atoms with Gasteiger partial charge >= 0.3 is 5.97 Å². The summed E-state index contributed by atoms with van der Waals surface area (Å²) < 4.78 is 6.44. The van der Waals surface area contributed by atoms with Crippen molar-refractivity contribution in [2.45, 2.75) is 46.3 Å². The summed E-state index contributed by atoms with van der Waals surface area (Å²) >= 11 is 1.63. The zero-order chi connectivity index (χ0) is 24.2. The Morgan fingerprint density at radius 1 is 1.31 bits per heavy atom. The molecule has 2 fully saturated rings. The number of hydrogen-bond acceptors (Lipinski definition) is 6. The van der Waals surface area contributed by atoms with Crippen LogP contribution in [0.1, 0.15) is 40.7 Å². The van der Waals surface area contributed by atoms with E-state index in [4.69, 9.17) is 9.72 Å². The molecule has 0 amide bonds. The molecule has 35 heavy (non-hydrogen) atoms. The first kappa shape index (κ1) is 22.6. The minimum atomic E-state index is -0.630. The van der Waals surface area contributed by atoms with Crippen molar-refractivity contribution in [2.24, 2.45) is 11.3 Å². The average Bonchev–Trinajstić information content (AvgIpc) is 3.41. The van der Waals surface area contributed by atoms with E-state index in [1.54, 1.807) is 11.3 Å². The molecule has 6 rings (SSSR count). The van der Waals surface area contributed by atoms with Crippen molar-refractivity contribution in [1.29, 1.82) is 0 Å². The van der Waals surface area contributed by atoms with Gasteiger partial charge in [-0.2, -0.15) is 0 Å². The van der Waals surface area contributed by atoms with Gasteiger partial charge in [0.15, 0.2) is 5.13 Å². The van der Waals surface area contributed by atoms with E-state index in [0.717, 1.165) is 66.7 Å². The number of nitrogens with zero attached hydrogens (tertiary/aromatic N) is 2. The van der Waals surface area contributed by atoms with Crippen molar-refractivity contribution in [3.05, 3.63) is 63.5 Å². The molecule has 6 nitrogen and oxygen atoms in total. The molecule has 182 valence electrons. The SMILES string of the molecule is Cc1cc(COc2c(C)cccc2-c2csc(N3CC[C@@]4(C(=O)O)C[C@H]4C3)n2)cc2c1CNCC2. The van der Waals surface area contributed by atoms with E-state index in [-0.39, 0.29) is 5.92 Å². The number of nitrogens with one attached hydrogen (secondary N) is 1. The zero-order valence-electron chi connectivity index (χ0n) is 20.3. The molecule has 0 spiro atoms. The van der Waals surface area contributed by atoms with Crippen molar-refractivity contribution in [1.82, 2.24) is 10.3 Å². The Balaban J connectivity index is 1.21. The number of carbonyl (C=O) groups is 1. The number of hydrogen-bond donors (Lipinski definition) is 2. The second kappa shape index (κ2) is 8.64. The Labute approximate surface area is 210 Å². The number of aliphatic carboxylic acids is 1. The maximum absolute atomic E-state index is 11.6. The van der Waals surface area contributed by atoms with Crippen LogP contribution in [0.25, 0.3) is 11.3 Å². The summed E-state index contributed by atoms with van der Waals surface area (Å²) in [7, 11) is 0. The van der Waals surface area contributed by atoms with Crippen LogP contribution in [-0.2, 0) is 24.4 Å². The quantitative estimate of drug-likeness (QED) is 0.510. The molecule has 1 aromatic heterocycles. The van der Waals surface area contributed by atoms with Crippen LogP contribution in [0.15, 0.2) is 35.7 Å². The Morgan fingerprint density at radius 3 is 3.03 bits per heavy atom. The molecule has 0 unspecified atom stereocenters. The molecule has 1 saturated heterocycles. The van der Waals surface area contributed by atoms with Crippen molar-refractivity contribution in [3.63, 3.8) is 0 Å². The Bertz CT molecular complexity index is 1300. The highest BCUT2D eigenvalue weighted by atomic mass is 32.1. The molecule has 1 saturated carbocycles. The van der Waals surface area contributed by atoms with Crippen LogP contribution in [0.5, 0.6) is 5.75 Å². The molecule has 2 aromatic carbocycles. The minimum absolute atomic E-state index is 0.245. The summed E-state index contributed by atoms with van der Waals surface area (Å²) in [5.41, 5.74) is 7.94. The van der Waals surface area contributed by atoms with Gasteiger partial charge < -0.3 is 20.1 Å². The third-order valence-corrected chi connectivity index (χ3v) is 8.96. The Kier molecular flexibility index (Phi) is 5.57. The number of fused-ring (bicyclic) bond motifs is 2. The van der Waals surface area contributed by atoms with E-state index in [9.17, 15) is 9.90 Å². The number of para-hydroxylation sites is 1. The minimum Gasteiger partial charge on any atom is -0.488 e. The number of aromatic nitrogens is 1. The fourth-order valence-electron chi connectivity index (χ4n) is 5.86. The van der Waals surface area contributed by atoms with Crippen molar-refractivity contribution in [3.8, 4) is 17.0 Å². The number of benzene rings is 2. The van der Waals surface area contributed by atoms with Crippen LogP contribution in [-0.4, -0.2) is 35.7 Å². The van der Waals surface area contributed by atoms with Crippen molar-refractivity contribution >= 4 is 22.4 Å². The molecule has 3 aromatic rings. The lowest BCUT2D eigenvalue weighted by Crippen LogP contribution is -2.37. The van der Waals surface area contributed by atoms with Crippen LogP contribution < -0.4 is 15.0 Å². The molecule has 2 atom stereocenters. The van der Waals surface area contributed by atoms with Crippen LogP contribution in [0.3, 0.4) is 0 Å². The highest BCUT2D eigenvalue weighted by molar-refractivity contribution is 7.14. The summed E-state index contributed by atoms with van der Waals surface area (Å²) in [6.45, 7) is 8.31. The molecule has 0 bridgehead atoms. The topological polar surface area (TPSA) is 74.7 Å². The molecule has 0 radical (unpaired) electrons. The summed E-state index contributed by atoms with van der Waals surface area (Å²) in [6.07, 6.45) is 2.56. The van der Waals surface area contributed by atoms with Crippen LogP contribution >= 0.6 is 11.3 Å². The normalized spacial score (nSPS) is 22.9. The van der Waals surface area contributed by atoms with E-state index in [1.807, 2.05) is 0 Å². The van der Waals surface area contributed by atoms with Gasteiger partial charge in [-0.3, -0.25) is 4.79 Å². The van der Waals surface area contributed by atoms with Crippen LogP contribution in [0.4, 0.5) is 5.13 Å². The van der Waals surface area contributed by atoms with Crippen molar-refractivity contribution < 1.29 is 14.6 Å². The van der Waals surface area contributed by atoms with E-state index in [0.29, 0.717) is 13.0 Å². The average molecular weight is 490 g/mol. The molecular formula is C28H31N3O3S. The Morgan fingerprint density at radius 2 is 2.20 bits per heavy atom. The zero-order valence-corrected chi connectivity index (χ0v) is 21.1. The molecule has 3 heterocycles. The number of piperidine rings is 1. The summed E-state index contributed by atoms with van der Waals surface area (Å²) in [4.78, 5) is 18.8. The number of rotatable bonds is 6. The predicted molar refractivity (Wildman–Crippen MR) is 138 cm³/mol. The number of carboxylic acids is 1. The largest absolute Gasteiger partial charge is 0.488 e. The smallest absolute Gasteiger partial charge is 0.310 e. The number of thiazole rings is 1. The first-order chi connectivity index (χ1) is 16.9. The summed E-state index contributed by atoms with van der Waals surface area (Å²) in [5.74, 6) is 0.497. The highest BCUT2D eigenvalue weighted by Gasteiger charge is 2.62. The van der Waals surface area contributed by atoms with Gasteiger partial charge in [0.1, 0.15) is 12.4 Å². The molecule has 1 aliphatic carbocycles. The first-order valence-corrected chi connectivity index (χ1v) is 13.3. The van der Waals surface area contributed by atoms with Gasteiger partial charge in [0.05, 0.1) is 11.1 Å². The molecule has 2 N–H and O–H groups in total. The van der Waals surface area contributed by atoms with Crippen molar-refractivity contribution in [2.75, 3.05) is 24.5 Å². The monoisotopic (exact) mass is 489 g/mol. The lowest BCUT2D eigenvalue weighted by atomic mass is 9.94. The second-order valence-corrected chi connectivity index (χ2v) is 11.1. The van der Waals surface area contributed by atoms with E-state index in [1.165, 1.54) is 22.3 Å². The molecular weight excluding hydrogens is 458 g/mol. The second-order valence-electron chi connectivity index (χ2n) is 10.3. The van der Waals surface area contributed by atoms with E-state index >= 15 is 0 Å². The van der Waals surface area contributed by atoms with Gasteiger partial charge in [0, 0.05) is 30.6 Å². The fourth-order valence-corrected chi connectivity index (χ4v) is 6.72. The fraction of sp³-hybridized carbons (Fsp3) is 0.429. The standard InChI is InChI=1S/C28H31N3O3S/c1-17-4-3-5-22(25(17)34-15-19-10-18(2)23-13-29-8-6-20(23)11-19)24-16-35-27(30-24)31-9-7-28(26(32)33)12-21(28)14-31/h3-5,10-11,16,21,29H,6-9,12-15H2,1-2H3,(H,32,33)/t21-,28+/m0/s1. The predicted octanol–water partition coefficient (Wildman–Crippen LogP) is 4.95. The maximum atomic E-state index is 11.6. The van der Waals surface area contributed by atoms with Crippen LogP contribution in [0, 0.1) is 25.2 Å². The van der Waals surface area contributed by atoms with Gasteiger partial charge in [-0.15, -0.1) is 11.3 Å². The summed E-state index contributed by atoms with van der Waals surface area (Å²) in [5, 5.41) is 16.1. The lowest BCUT2D eigenvalue weighted by molar-refractivity contribution is -0.144. The number of ether oxygens (including phenoxy) is 1. The van der Waals surface area contributed by atoms with E-state index < -0.39 is 11.4 Å². The van der Waals surface area contributed by atoms with E-state index in [2.05, 4.69) is 59.8 Å². The summed E-state index contributed by atoms with van der Waals surface area (Å²) in [6, 6.07) is 10.8. The van der Waals surface area contributed by atoms with Gasteiger partial charge in [0.2, 0.25) is 0 Å². The number of carboxylic acid groups (broad SMARTS) is 1. The molecule has 2 aliphatic heterocycles. The highest BCUT2D eigenvalue weighted by Crippen LogP contribution is 2.58. The molecule has 7 heteroatoms. The van der Waals surface area contributed by atoms with Gasteiger partial charge in [-0.25, -0.2) is 4.98 Å². The Hall–Kier alpha value is -2.90. The third-order valence-electron chi connectivity index (χ3n) is 8.06. The lowest BCUT2D eigenvalue weighted by Gasteiger charge is -2.29. The van der Waals surface area contributed by atoms with Gasteiger partial charge in [-0.05, 0) is 79.5 Å². The number of aryl methyl sites for hydroxylation is 2.